The molecule has 0 aliphatic rings. The highest BCUT2D eigenvalue weighted by molar-refractivity contribution is 5.91. The smallest absolute Gasteiger partial charge is 0.287 e. The Hall–Kier alpha value is -3.02. The largest absolute Gasteiger partial charge is 0.508 e. The molecular weight excluding hydrogens is 318 g/mol. The first-order valence-electron chi connectivity index (χ1n) is 8.17. The Morgan fingerprint density at radius 1 is 1.20 bits per heavy atom. The zero-order valence-electron chi connectivity index (χ0n) is 14.3. The lowest BCUT2D eigenvalue weighted by molar-refractivity contribution is 0.0924. The fourth-order valence-corrected chi connectivity index (χ4v) is 2.64. The lowest BCUT2D eigenvalue weighted by Gasteiger charge is -2.04. The van der Waals surface area contributed by atoms with Crippen molar-refractivity contribution in [2.45, 2.75) is 26.8 Å². The zero-order valence-corrected chi connectivity index (χ0v) is 14.3. The van der Waals surface area contributed by atoms with Gasteiger partial charge in [-0.3, -0.25) is 9.48 Å². The van der Waals surface area contributed by atoms with Gasteiger partial charge in [0.15, 0.2) is 5.76 Å². The van der Waals surface area contributed by atoms with Crippen molar-refractivity contribution in [2.24, 2.45) is 0 Å². The fourth-order valence-electron chi connectivity index (χ4n) is 2.64. The summed E-state index contributed by atoms with van der Waals surface area (Å²) in [6, 6.07) is 12.4. The van der Waals surface area contributed by atoms with Gasteiger partial charge in [-0.15, -0.1) is 0 Å². The highest BCUT2D eigenvalue weighted by atomic mass is 16.4. The molecule has 0 spiro atoms. The molecule has 0 fully saturated rings. The third kappa shape index (κ3) is 4.29. The number of rotatable bonds is 6. The van der Waals surface area contributed by atoms with E-state index in [1.165, 1.54) is 0 Å². The Kier molecular flexibility index (Phi) is 4.88. The quantitative estimate of drug-likeness (QED) is 0.724. The molecule has 0 saturated heterocycles. The molecule has 6 nitrogen and oxygen atoms in total. The minimum absolute atomic E-state index is 0.235. The number of amides is 1. The van der Waals surface area contributed by atoms with Gasteiger partial charge in [0.25, 0.3) is 5.91 Å². The molecule has 1 amide bonds. The van der Waals surface area contributed by atoms with Crippen molar-refractivity contribution in [3.63, 3.8) is 0 Å². The van der Waals surface area contributed by atoms with Crippen molar-refractivity contribution >= 4 is 5.91 Å². The first kappa shape index (κ1) is 16.8. The van der Waals surface area contributed by atoms with E-state index in [9.17, 15) is 9.90 Å². The van der Waals surface area contributed by atoms with Gasteiger partial charge < -0.3 is 14.8 Å². The molecule has 2 aromatic heterocycles. The van der Waals surface area contributed by atoms with Crippen LogP contribution in [0.1, 0.15) is 33.3 Å². The van der Waals surface area contributed by atoms with E-state index >= 15 is 0 Å². The van der Waals surface area contributed by atoms with Gasteiger partial charge in [-0.1, -0.05) is 12.1 Å². The molecule has 6 heteroatoms. The van der Waals surface area contributed by atoms with Crippen LogP contribution in [0.25, 0.3) is 0 Å². The molecule has 3 aromatic rings. The number of carbonyl (C=O) groups excluding carboxylic acids is 1. The van der Waals surface area contributed by atoms with E-state index in [1.807, 2.05) is 36.7 Å². The number of aryl methyl sites for hydroxylation is 2. The Balaban J connectivity index is 1.53. The van der Waals surface area contributed by atoms with Crippen molar-refractivity contribution < 1.29 is 14.3 Å². The number of phenols is 1. The third-order valence-corrected chi connectivity index (χ3v) is 3.93. The van der Waals surface area contributed by atoms with Gasteiger partial charge in [0.1, 0.15) is 11.5 Å². The topological polar surface area (TPSA) is 80.3 Å². The highest BCUT2D eigenvalue weighted by Gasteiger charge is 2.12. The lowest BCUT2D eigenvalue weighted by Crippen LogP contribution is -2.25. The maximum atomic E-state index is 12.2. The van der Waals surface area contributed by atoms with E-state index in [0.29, 0.717) is 31.0 Å². The number of aromatic hydroxyl groups is 1. The third-order valence-electron chi connectivity index (χ3n) is 3.93. The average molecular weight is 339 g/mol. The van der Waals surface area contributed by atoms with E-state index in [2.05, 4.69) is 10.4 Å². The molecule has 0 saturated carbocycles. The summed E-state index contributed by atoms with van der Waals surface area (Å²) in [5, 5.41) is 16.5. The molecule has 0 atom stereocenters. The number of hydrogen-bond donors (Lipinski definition) is 2. The van der Waals surface area contributed by atoms with Gasteiger partial charge in [-0.25, -0.2) is 0 Å². The Morgan fingerprint density at radius 3 is 2.64 bits per heavy atom. The van der Waals surface area contributed by atoms with Crippen LogP contribution in [-0.2, 0) is 13.0 Å². The maximum absolute atomic E-state index is 12.2. The van der Waals surface area contributed by atoms with E-state index in [-0.39, 0.29) is 11.7 Å². The zero-order chi connectivity index (χ0) is 17.8. The number of carbonyl (C=O) groups is 1. The molecule has 2 N–H and O–H groups in total. The number of furan rings is 1. The Morgan fingerprint density at radius 2 is 1.96 bits per heavy atom. The molecule has 25 heavy (non-hydrogen) atoms. The minimum atomic E-state index is -0.238. The van der Waals surface area contributed by atoms with Gasteiger partial charge in [-0.05, 0) is 56.2 Å². The predicted molar refractivity (Wildman–Crippen MR) is 93.7 cm³/mol. The molecule has 2 heterocycles. The monoisotopic (exact) mass is 339 g/mol. The fraction of sp³-hybridized carbons (Fsp3) is 0.263. The van der Waals surface area contributed by atoms with Crippen molar-refractivity contribution in [2.75, 3.05) is 6.54 Å². The van der Waals surface area contributed by atoms with E-state index in [4.69, 9.17) is 4.42 Å². The van der Waals surface area contributed by atoms with Crippen molar-refractivity contribution in [3.8, 4) is 5.75 Å². The second kappa shape index (κ2) is 7.25. The Labute approximate surface area is 146 Å². The lowest BCUT2D eigenvalue weighted by atomic mass is 10.1. The van der Waals surface area contributed by atoms with E-state index in [1.54, 1.807) is 24.3 Å². The summed E-state index contributed by atoms with van der Waals surface area (Å²) >= 11 is 0. The van der Waals surface area contributed by atoms with Crippen molar-refractivity contribution in [1.82, 2.24) is 15.1 Å². The SMILES string of the molecule is Cc1cc(C)n(Cc2ccc(C(=O)NCCc3ccc(O)cc3)o2)n1. The van der Waals surface area contributed by atoms with Crippen LogP contribution in [-0.4, -0.2) is 27.3 Å². The van der Waals surface area contributed by atoms with Crippen LogP contribution in [0.2, 0.25) is 0 Å². The van der Waals surface area contributed by atoms with Crippen LogP contribution in [0.15, 0.2) is 46.9 Å². The van der Waals surface area contributed by atoms with Crippen LogP contribution in [0.4, 0.5) is 0 Å². The summed E-state index contributed by atoms with van der Waals surface area (Å²) < 4.78 is 7.47. The summed E-state index contributed by atoms with van der Waals surface area (Å²) in [7, 11) is 0. The molecule has 1 aromatic carbocycles. The van der Waals surface area contributed by atoms with Gasteiger partial charge in [0.05, 0.1) is 12.2 Å². The minimum Gasteiger partial charge on any atom is -0.508 e. The molecule has 0 unspecified atom stereocenters. The first-order chi connectivity index (χ1) is 12.0. The number of phenolic OH excluding ortho intramolecular Hbond substituents is 1. The van der Waals surface area contributed by atoms with Crippen molar-refractivity contribution in [3.05, 3.63) is 70.9 Å². The number of aromatic nitrogens is 2. The predicted octanol–water partition coefficient (Wildman–Crippen LogP) is 2.82. The first-order valence-corrected chi connectivity index (χ1v) is 8.17. The molecule has 0 aliphatic heterocycles. The second-order valence-electron chi connectivity index (χ2n) is 6.02. The number of nitrogens with zero attached hydrogens (tertiary/aromatic N) is 2. The number of nitrogens with one attached hydrogen (secondary N) is 1. The average Bonchev–Trinajstić information content (AvgIpc) is 3.16. The van der Waals surface area contributed by atoms with Crippen LogP contribution >= 0.6 is 0 Å². The molecular formula is C19H21N3O3. The van der Waals surface area contributed by atoms with E-state index < -0.39 is 0 Å². The van der Waals surface area contributed by atoms with Crippen LogP contribution in [0.3, 0.4) is 0 Å². The van der Waals surface area contributed by atoms with Crippen LogP contribution in [0.5, 0.6) is 5.75 Å². The van der Waals surface area contributed by atoms with Gasteiger partial charge in [-0.2, -0.15) is 5.10 Å². The molecule has 130 valence electrons. The molecule has 0 radical (unpaired) electrons. The normalized spacial score (nSPS) is 10.8. The summed E-state index contributed by atoms with van der Waals surface area (Å²) in [6.45, 7) is 4.93. The van der Waals surface area contributed by atoms with Crippen LogP contribution in [0, 0.1) is 13.8 Å². The number of benzene rings is 1. The van der Waals surface area contributed by atoms with Gasteiger partial charge in [0.2, 0.25) is 0 Å². The maximum Gasteiger partial charge on any atom is 0.287 e. The highest BCUT2D eigenvalue weighted by Crippen LogP contribution is 2.12. The molecule has 0 aliphatic carbocycles. The summed E-state index contributed by atoms with van der Waals surface area (Å²) in [4.78, 5) is 12.2. The summed E-state index contributed by atoms with van der Waals surface area (Å²) in [6.07, 6.45) is 0.686. The van der Waals surface area contributed by atoms with Crippen molar-refractivity contribution in [1.29, 1.82) is 0 Å². The standard InChI is InChI=1S/C19H21N3O3/c1-13-11-14(2)22(21-13)12-17-7-8-18(25-17)19(24)20-10-9-15-3-5-16(23)6-4-15/h3-8,11,23H,9-10,12H2,1-2H3,(H,20,24). The number of hydrogen-bond acceptors (Lipinski definition) is 4. The molecule has 0 bridgehead atoms. The molecule has 3 rings (SSSR count). The Bertz CT molecular complexity index is 862. The van der Waals surface area contributed by atoms with Crippen LogP contribution < -0.4 is 5.32 Å². The second-order valence-corrected chi connectivity index (χ2v) is 6.02. The van der Waals surface area contributed by atoms with E-state index in [0.717, 1.165) is 17.0 Å². The van der Waals surface area contributed by atoms with Gasteiger partial charge >= 0.3 is 0 Å². The summed E-state index contributed by atoms with van der Waals surface area (Å²) in [5.74, 6) is 0.981. The van der Waals surface area contributed by atoms with Gasteiger partial charge in [0, 0.05) is 12.2 Å². The summed E-state index contributed by atoms with van der Waals surface area (Å²) in [5.41, 5.74) is 3.05.